The molecule has 26 heavy (non-hydrogen) atoms. The third kappa shape index (κ3) is 4.45. The van der Waals surface area contributed by atoms with Crippen molar-refractivity contribution >= 4 is 28.4 Å². The van der Waals surface area contributed by atoms with Crippen molar-refractivity contribution in [1.29, 1.82) is 0 Å². The molecule has 0 aliphatic carbocycles. The van der Waals surface area contributed by atoms with Gasteiger partial charge in [0.25, 0.3) is 0 Å². The Balaban J connectivity index is 1.85. The molecule has 3 aromatic rings. The minimum atomic E-state index is -0.0363. The van der Waals surface area contributed by atoms with Gasteiger partial charge >= 0.3 is 0 Å². The summed E-state index contributed by atoms with van der Waals surface area (Å²) in [5, 5.41) is 4.81. The highest BCUT2D eigenvalue weighted by Crippen LogP contribution is 2.33. The predicted octanol–water partition coefficient (Wildman–Crippen LogP) is 4.50. The predicted molar refractivity (Wildman–Crippen MR) is 106 cm³/mol. The summed E-state index contributed by atoms with van der Waals surface area (Å²) in [4.78, 5) is 15.8. The number of nitrogens with one attached hydrogen (secondary N) is 2. The molecule has 136 valence electrons. The molecule has 1 unspecified atom stereocenters. The second kappa shape index (κ2) is 8.88. The number of rotatable bonds is 8. The van der Waals surface area contributed by atoms with Crippen LogP contribution >= 0.6 is 11.6 Å². The molecule has 4 nitrogen and oxygen atoms in total. The normalized spacial score (nSPS) is 12.2. The second-order valence-corrected chi connectivity index (χ2v) is 6.73. The summed E-state index contributed by atoms with van der Waals surface area (Å²) in [6.45, 7) is 1.26. The van der Waals surface area contributed by atoms with Crippen LogP contribution < -0.4 is 5.32 Å². The standard InChI is InChI=1S/C21H23ClN2O2/c1-26-12-4-11-23-21(25)13-18(15-7-9-16(22)10-8-15)19-14-24-20-6-3-2-5-17(19)20/h2-3,5-10,14,18,24H,4,11-13H2,1H3,(H,23,25). The maximum absolute atomic E-state index is 12.5. The van der Waals surface area contributed by atoms with E-state index >= 15 is 0 Å². The van der Waals surface area contributed by atoms with Crippen LogP contribution in [0, 0.1) is 0 Å². The molecule has 1 heterocycles. The van der Waals surface area contributed by atoms with Gasteiger partial charge in [-0.05, 0) is 35.7 Å². The van der Waals surface area contributed by atoms with E-state index in [1.54, 1.807) is 7.11 Å². The lowest BCUT2D eigenvalue weighted by atomic mass is 9.88. The van der Waals surface area contributed by atoms with Crippen molar-refractivity contribution in [3.8, 4) is 0 Å². The summed E-state index contributed by atoms with van der Waals surface area (Å²) in [5.41, 5.74) is 3.27. The number of hydrogen-bond acceptors (Lipinski definition) is 2. The van der Waals surface area contributed by atoms with Gasteiger partial charge in [-0.2, -0.15) is 0 Å². The Hall–Kier alpha value is -2.30. The zero-order valence-corrected chi connectivity index (χ0v) is 15.6. The lowest BCUT2D eigenvalue weighted by Gasteiger charge is -2.17. The van der Waals surface area contributed by atoms with Crippen LogP contribution in [0.3, 0.4) is 0 Å². The van der Waals surface area contributed by atoms with Gasteiger partial charge in [0.05, 0.1) is 0 Å². The molecule has 3 rings (SSSR count). The first kappa shape index (κ1) is 18.5. The van der Waals surface area contributed by atoms with E-state index in [-0.39, 0.29) is 11.8 Å². The Bertz CT molecular complexity index is 858. The molecule has 0 aliphatic rings. The van der Waals surface area contributed by atoms with E-state index in [4.69, 9.17) is 16.3 Å². The molecule has 2 N–H and O–H groups in total. The molecule has 0 bridgehead atoms. The van der Waals surface area contributed by atoms with Crippen LogP contribution in [0.4, 0.5) is 0 Å². The quantitative estimate of drug-likeness (QED) is 0.574. The van der Waals surface area contributed by atoms with Crippen molar-refractivity contribution in [3.63, 3.8) is 0 Å². The number of aromatic nitrogens is 1. The number of carbonyl (C=O) groups is 1. The third-order valence-corrected chi connectivity index (χ3v) is 4.76. The van der Waals surface area contributed by atoms with E-state index in [1.165, 1.54) is 0 Å². The van der Waals surface area contributed by atoms with Crippen molar-refractivity contribution in [2.75, 3.05) is 20.3 Å². The molecule has 0 radical (unpaired) electrons. The minimum absolute atomic E-state index is 0.0336. The zero-order chi connectivity index (χ0) is 18.4. The number of ether oxygens (including phenoxy) is 1. The molecular weight excluding hydrogens is 348 g/mol. The first-order valence-electron chi connectivity index (χ1n) is 8.76. The van der Waals surface area contributed by atoms with E-state index in [0.717, 1.165) is 28.5 Å². The van der Waals surface area contributed by atoms with Crippen LogP contribution in [-0.2, 0) is 9.53 Å². The van der Waals surface area contributed by atoms with Gasteiger partial charge in [0, 0.05) is 54.7 Å². The molecule has 1 atom stereocenters. The number of hydrogen-bond donors (Lipinski definition) is 2. The Labute approximate surface area is 158 Å². The Morgan fingerprint density at radius 3 is 2.73 bits per heavy atom. The molecule has 5 heteroatoms. The smallest absolute Gasteiger partial charge is 0.220 e. The number of para-hydroxylation sites is 1. The van der Waals surface area contributed by atoms with Crippen LogP contribution in [-0.4, -0.2) is 31.2 Å². The van der Waals surface area contributed by atoms with Gasteiger partial charge in [0.1, 0.15) is 0 Å². The number of methoxy groups -OCH3 is 1. The maximum Gasteiger partial charge on any atom is 0.220 e. The van der Waals surface area contributed by atoms with E-state index < -0.39 is 0 Å². The second-order valence-electron chi connectivity index (χ2n) is 6.29. The number of carbonyl (C=O) groups excluding carboxylic acids is 1. The fourth-order valence-electron chi connectivity index (χ4n) is 3.19. The lowest BCUT2D eigenvalue weighted by molar-refractivity contribution is -0.121. The highest BCUT2D eigenvalue weighted by molar-refractivity contribution is 6.30. The van der Waals surface area contributed by atoms with E-state index in [1.807, 2.05) is 48.7 Å². The Morgan fingerprint density at radius 2 is 1.96 bits per heavy atom. The molecule has 0 aliphatic heterocycles. The molecule has 1 amide bonds. The Morgan fingerprint density at radius 1 is 1.19 bits per heavy atom. The number of benzene rings is 2. The van der Waals surface area contributed by atoms with E-state index in [2.05, 4.69) is 16.4 Å². The Kier molecular flexibility index (Phi) is 6.31. The average molecular weight is 371 g/mol. The largest absolute Gasteiger partial charge is 0.385 e. The van der Waals surface area contributed by atoms with Gasteiger partial charge in [-0.15, -0.1) is 0 Å². The first-order chi connectivity index (χ1) is 12.7. The summed E-state index contributed by atoms with van der Waals surface area (Å²) in [7, 11) is 1.66. The van der Waals surface area contributed by atoms with Crippen molar-refractivity contribution in [2.24, 2.45) is 0 Å². The summed E-state index contributed by atoms with van der Waals surface area (Å²) in [6, 6.07) is 15.9. The van der Waals surface area contributed by atoms with Crippen molar-refractivity contribution < 1.29 is 9.53 Å². The van der Waals surface area contributed by atoms with Gasteiger partial charge < -0.3 is 15.0 Å². The summed E-state index contributed by atoms with van der Waals surface area (Å²) < 4.78 is 5.02. The van der Waals surface area contributed by atoms with Gasteiger partial charge in [-0.3, -0.25) is 4.79 Å². The van der Waals surface area contributed by atoms with Gasteiger partial charge in [-0.1, -0.05) is 41.9 Å². The molecule has 0 saturated heterocycles. The minimum Gasteiger partial charge on any atom is -0.385 e. The number of halogens is 1. The van der Waals surface area contributed by atoms with Crippen molar-refractivity contribution in [2.45, 2.75) is 18.8 Å². The molecule has 2 aromatic carbocycles. The average Bonchev–Trinajstić information content (AvgIpc) is 3.08. The van der Waals surface area contributed by atoms with Crippen molar-refractivity contribution in [1.82, 2.24) is 10.3 Å². The third-order valence-electron chi connectivity index (χ3n) is 4.51. The van der Waals surface area contributed by atoms with E-state index in [9.17, 15) is 4.79 Å². The lowest BCUT2D eigenvalue weighted by Crippen LogP contribution is -2.27. The zero-order valence-electron chi connectivity index (χ0n) is 14.8. The fourth-order valence-corrected chi connectivity index (χ4v) is 3.31. The number of amides is 1. The highest BCUT2D eigenvalue weighted by Gasteiger charge is 2.21. The molecule has 0 saturated carbocycles. The van der Waals surface area contributed by atoms with Gasteiger partial charge in [0.15, 0.2) is 0 Å². The van der Waals surface area contributed by atoms with Crippen LogP contribution in [0.1, 0.15) is 29.9 Å². The van der Waals surface area contributed by atoms with Crippen LogP contribution in [0.2, 0.25) is 5.02 Å². The summed E-state index contributed by atoms with van der Waals surface area (Å²) in [6.07, 6.45) is 3.19. The van der Waals surface area contributed by atoms with Crippen molar-refractivity contribution in [3.05, 3.63) is 70.9 Å². The van der Waals surface area contributed by atoms with Crippen LogP contribution in [0.15, 0.2) is 54.7 Å². The monoisotopic (exact) mass is 370 g/mol. The summed E-state index contributed by atoms with van der Waals surface area (Å²) >= 11 is 6.04. The molecular formula is C21H23ClN2O2. The van der Waals surface area contributed by atoms with E-state index in [0.29, 0.717) is 24.6 Å². The summed E-state index contributed by atoms with van der Waals surface area (Å²) in [5.74, 6) is -0.00261. The van der Waals surface area contributed by atoms with Crippen LogP contribution in [0.25, 0.3) is 10.9 Å². The SMILES string of the molecule is COCCCNC(=O)CC(c1ccc(Cl)cc1)c1c[nH]c2ccccc12. The number of H-pyrrole nitrogens is 1. The number of aromatic amines is 1. The highest BCUT2D eigenvalue weighted by atomic mass is 35.5. The van der Waals surface area contributed by atoms with Crippen LogP contribution in [0.5, 0.6) is 0 Å². The molecule has 1 aromatic heterocycles. The number of fused-ring (bicyclic) bond motifs is 1. The first-order valence-corrected chi connectivity index (χ1v) is 9.14. The van der Waals surface area contributed by atoms with Gasteiger partial charge in [0.2, 0.25) is 5.91 Å². The molecule has 0 fully saturated rings. The van der Waals surface area contributed by atoms with Gasteiger partial charge in [-0.25, -0.2) is 0 Å². The molecule has 0 spiro atoms. The maximum atomic E-state index is 12.5. The topological polar surface area (TPSA) is 54.1 Å². The fraction of sp³-hybridized carbons (Fsp3) is 0.286.